The first-order valence-corrected chi connectivity index (χ1v) is 5.00. The molecular formula is C10H22N2O2. The molecule has 0 radical (unpaired) electrons. The van der Waals surface area contributed by atoms with E-state index in [0.717, 1.165) is 0 Å². The van der Waals surface area contributed by atoms with Crippen LogP contribution in [0.25, 0.3) is 0 Å². The van der Waals surface area contributed by atoms with Crippen LogP contribution in [-0.2, 0) is 9.53 Å². The van der Waals surface area contributed by atoms with Crippen LogP contribution in [-0.4, -0.2) is 30.2 Å². The maximum Gasteiger partial charge on any atom is 0.327 e. The van der Waals surface area contributed by atoms with Crippen molar-refractivity contribution < 1.29 is 9.53 Å². The van der Waals surface area contributed by atoms with E-state index in [9.17, 15) is 4.79 Å². The van der Waals surface area contributed by atoms with Gasteiger partial charge in [0.15, 0.2) is 0 Å². The van der Waals surface area contributed by atoms with Gasteiger partial charge in [0.1, 0.15) is 5.54 Å². The van der Waals surface area contributed by atoms with Gasteiger partial charge in [0.2, 0.25) is 0 Å². The second-order valence-electron chi connectivity index (χ2n) is 4.23. The van der Waals surface area contributed by atoms with Crippen LogP contribution in [0.1, 0.15) is 34.1 Å². The zero-order valence-corrected chi connectivity index (χ0v) is 9.83. The summed E-state index contributed by atoms with van der Waals surface area (Å²) in [6.07, 6.45) is 0.636. The second-order valence-corrected chi connectivity index (χ2v) is 4.23. The highest BCUT2D eigenvalue weighted by Crippen LogP contribution is 2.17. The van der Waals surface area contributed by atoms with Crippen LogP contribution in [0.15, 0.2) is 0 Å². The van der Waals surface area contributed by atoms with E-state index in [4.69, 9.17) is 10.6 Å². The first-order chi connectivity index (χ1) is 6.34. The van der Waals surface area contributed by atoms with Crippen molar-refractivity contribution in [3.63, 3.8) is 0 Å². The van der Waals surface area contributed by atoms with Crippen molar-refractivity contribution in [3.05, 3.63) is 0 Å². The van der Waals surface area contributed by atoms with Crippen molar-refractivity contribution in [1.29, 1.82) is 0 Å². The Morgan fingerprint density at radius 1 is 1.57 bits per heavy atom. The fourth-order valence-electron chi connectivity index (χ4n) is 0.936. The number of hydrazine groups is 1. The standard InChI is InChI=1S/C10H22N2O2/c1-6-10(4,12(5)11)9(13)14-7-8(2)3/h8H,6-7,11H2,1-5H3. The minimum atomic E-state index is -0.713. The molecule has 84 valence electrons. The summed E-state index contributed by atoms with van der Waals surface area (Å²) < 4.78 is 5.16. The lowest BCUT2D eigenvalue weighted by Crippen LogP contribution is -2.54. The van der Waals surface area contributed by atoms with Crippen molar-refractivity contribution in [3.8, 4) is 0 Å². The van der Waals surface area contributed by atoms with E-state index in [-0.39, 0.29) is 5.97 Å². The summed E-state index contributed by atoms with van der Waals surface area (Å²) in [7, 11) is 1.68. The molecule has 0 saturated carbocycles. The van der Waals surface area contributed by atoms with E-state index < -0.39 is 5.54 Å². The number of hydrogen-bond donors (Lipinski definition) is 1. The van der Waals surface area contributed by atoms with Gasteiger partial charge in [0.25, 0.3) is 0 Å². The fraction of sp³-hybridized carbons (Fsp3) is 0.900. The Bertz CT molecular complexity index is 193. The number of rotatable bonds is 5. The summed E-state index contributed by atoms with van der Waals surface area (Å²) in [5, 5.41) is 1.41. The van der Waals surface area contributed by atoms with Gasteiger partial charge >= 0.3 is 5.97 Å². The third-order valence-corrected chi connectivity index (χ3v) is 2.45. The summed E-state index contributed by atoms with van der Waals surface area (Å²) in [4.78, 5) is 11.7. The van der Waals surface area contributed by atoms with Gasteiger partial charge in [0.05, 0.1) is 6.61 Å². The number of esters is 1. The lowest BCUT2D eigenvalue weighted by molar-refractivity contribution is -0.158. The minimum Gasteiger partial charge on any atom is -0.464 e. The molecule has 0 amide bonds. The normalized spacial score (nSPS) is 15.7. The van der Waals surface area contributed by atoms with Gasteiger partial charge in [0, 0.05) is 7.05 Å². The summed E-state index contributed by atoms with van der Waals surface area (Å²) >= 11 is 0. The fourth-order valence-corrected chi connectivity index (χ4v) is 0.936. The highest BCUT2D eigenvalue weighted by molar-refractivity contribution is 5.80. The van der Waals surface area contributed by atoms with E-state index in [1.807, 2.05) is 20.8 Å². The number of carbonyl (C=O) groups excluding carboxylic acids is 1. The molecule has 0 aliphatic carbocycles. The molecule has 4 heteroatoms. The molecule has 0 aromatic carbocycles. The molecule has 0 aliphatic rings. The van der Waals surface area contributed by atoms with Crippen LogP contribution in [0.3, 0.4) is 0 Å². The number of hydrogen-bond acceptors (Lipinski definition) is 4. The number of carbonyl (C=O) groups is 1. The smallest absolute Gasteiger partial charge is 0.327 e. The average molecular weight is 202 g/mol. The predicted molar refractivity (Wildman–Crippen MR) is 56.4 cm³/mol. The van der Waals surface area contributed by atoms with Gasteiger partial charge < -0.3 is 4.74 Å². The third-order valence-electron chi connectivity index (χ3n) is 2.45. The van der Waals surface area contributed by atoms with Crippen molar-refractivity contribution in [2.75, 3.05) is 13.7 Å². The number of nitrogens with zero attached hydrogens (tertiary/aromatic N) is 1. The van der Waals surface area contributed by atoms with Crippen LogP contribution in [0.2, 0.25) is 0 Å². The van der Waals surface area contributed by atoms with E-state index >= 15 is 0 Å². The quantitative estimate of drug-likeness (QED) is 0.413. The Kier molecular flexibility index (Phi) is 5.08. The molecule has 0 heterocycles. The van der Waals surface area contributed by atoms with E-state index in [0.29, 0.717) is 18.9 Å². The lowest BCUT2D eigenvalue weighted by Gasteiger charge is -2.32. The van der Waals surface area contributed by atoms with Crippen LogP contribution < -0.4 is 5.84 Å². The maximum atomic E-state index is 11.7. The summed E-state index contributed by atoms with van der Waals surface area (Å²) in [5.41, 5.74) is -0.713. The molecular weight excluding hydrogens is 180 g/mol. The first kappa shape index (κ1) is 13.4. The molecule has 0 aliphatic heterocycles. The monoisotopic (exact) mass is 202 g/mol. The zero-order chi connectivity index (χ0) is 11.4. The molecule has 1 atom stereocenters. The Labute approximate surface area is 86.4 Å². The van der Waals surface area contributed by atoms with Gasteiger partial charge in [-0.3, -0.25) is 10.6 Å². The minimum absolute atomic E-state index is 0.251. The van der Waals surface area contributed by atoms with Gasteiger partial charge in [-0.1, -0.05) is 20.8 Å². The average Bonchev–Trinajstić information content (AvgIpc) is 2.12. The summed E-state index contributed by atoms with van der Waals surface area (Å²) in [5.74, 6) is 5.72. The van der Waals surface area contributed by atoms with Crippen molar-refractivity contribution in [2.45, 2.75) is 39.7 Å². The Morgan fingerprint density at radius 3 is 2.36 bits per heavy atom. The zero-order valence-electron chi connectivity index (χ0n) is 9.83. The molecule has 0 aromatic heterocycles. The molecule has 4 nitrogen and oxygen atoms in total. The Hall–Kier alpha value is -0.610. The second kappa shape index (κ2) is 5.32. The molecule has 0 rings (SSSR count). The number of likely N-dealkylation sites (N-methyl/N-ethyl adjacent to an activating group) is 1. The van der Waals surface area contributed by atoms with Gasteiger partial charge in [-0.25, -0.2) is 5.01 Å². The van der Waals surface area contributed by atoms with E-state index in [1.54, 1.807) is 14.0 Å². The Morgan fingerprint density at radius 2 is 2.07 bits per heavy atom. The molecule has 0 saturated heterocycles. The van der Waals surface area contributed by atoms with Crippen molar-refractivity contribution >= 4 is 5.97 Å². The van der Waals surface area contributed by atoms with Crippen LogP contribution in [0, 0.1) is 5.92 Å². The molecule has 0 spiro atoms. The Balaban J connectivity index is 4.32. The summed E-state index contributed by atoms with van der Waals surface area (Å²) in [6, 6.07) is 0. The highest BCUT2D eigenvalue weighted by atomic mass is 16.5. The first-order valence-electron chi connectivity index (χ1n) is 5.00. The molecule has 14 heavy (non-hydrogen) atoms. The molecule has 0 fully saturated rings. The van der Waals surface area contributed by atoms with Crippen molar-refractivity contribution in [1.82, 2.24) is 5.01 Å². The van der Waals surface area contributed by atoms with Crippen LogP contribution in [0.5, 0.6) is 0 Å². The SMILES string of the molecule is CCC(C)(C(=O)OCC(C)C)N(C)N. The summed E-state index contributed by atoms with van der Waals surface area (Å²) in [6.45, 7) is 8.16. The van der Waals surface area contributed by atoms with Gasteiger partial charge in [-0.15, -0.1) is 0 Å². The van der Waals surface area contributed by atoms with E-state index in [2.05, 4.69) is 0 Å². The van der Waals surface area contributed by atoms with Gasteiger partial charge in [-0.2, -0.15) is 0 Å². The molecule has 2 N–H and O–H groups in total. The molecule has 1 unspecified atom stereocenters. The third kappa shape index (κ3) is 3.27. The van der Waals surface area contributed by atoms with Gasteiger partial charge in [-0.05, 0) is 19.3 Å². The highest BCUT2D eigenvalue weighted by Gasteiger charge is 2.36. The molecule has 0 bridgehead atoms. The maximum absolute atomic E-state index is 11.7. The number of nitrogens with two attached hydrogens (primary N) is 1. The largest absolute Gasteiger partial charge is 0.464 e. The number of ether oxygens (including phenoxy) is 1. The van der Waals surface area contributed by atoms with Crippen LogP contribution in [0.4, 0.5) is 0 Å². The van der Waals surface area contributed by atoms with E-state index in [1.165, 1.54) is 5.01 Å². The van der Waals surface area contributed by atoms with Crippen LogP contribution >= 0.6 is 0 Å². The lowest BCUT2D eigenvalue weighted by atomic mass is 9.99. The van der Waals surface area contributed by atoms with Crippen molar-refractivity contribution in [2.24, 2.45) is 11.8 Å². The predicted octanol–water partition coefficient (Wildman–Crippen LogP) is 1.16. The molecule has 0 aromatic rings. The topological polar surface area (TPSA) is 55.6 Å².